The number of nitrogens with two attached hydrogens (primary N) is 1. The highest BCUT2D eigenvalue weighted by atomic mass is 32.2. The van der Waals surface area contributed by atoms with Crippen molar-refractivity contribution < 1.29 is 9.00 Å². The van der Waals surface area contributed by atoms with Crippen LogP contribution in [-0.4, -0.2) is 46.2 Å². The van der Waals surface area contributed by atoms with Crippen LogP contribution in [0.2, 0.25) is 0 Å². The average molecular weight is 176 g/mol. The highest BCUT2D eigenvalue weighted by Gasteiger charge is 2.32. The van der Waals surface area contributed by atoms with Crippen molar-refractivity contribution in [3.63, 3.8) is 0 Å². The third-order valence-electron chi connectivity index (χ3n) is 1.69. The molecule has 64 valence electrons. The topological polar surface area (TPSA) is 63.4 Å². The van der Waals surface area contributed by atoms with Gasteiger partial charge in [-0.05, 0) is 0 Å². The lowest BCUT2D eigenvalue weighted by Gasteiger charge is -2.35. The zero-order valence-corrected chi connectivity index (χ0v) is 7.26. The Hall–Kier alpha value is -0.420. The minimum atomic E-state index is -0.815. The largest absolute Gasteiger partial charge is 0.338 e. The van der Waals surface area contributed by atoms with Gasteiger partial charge in [-0.1, -0.05) is 0 Å². The molecule has 1 saturated heterocycles. The van der Waals surface area contributed by atoms with E-state index < -0.39 is 10.8 Å². The maximum absolute atomic E-state index is 10.9. The van der Waals surface area contributed by atoms with Crippen molar-refractivity contribution in [3.05, 3.63) is 0 Å². The van der Waals surface area contributed by atoms with Crippen LogP contribution in [0.4, 0.5) is 0 Å². The standard InChI is InChI=1S/C6H12N2O2S/c1-11(10)3-2-8-4-5(7)6(8)9/h5H,2-4,7H2,1H3. The summed E-state index contributed by atoms with van der Waals surface area (Å²) in [6, 6.07) is -0.305. The first-order valence-electron chi connectivity index (χ1n) is 3.45. The predicted molar refractivity (Wildman–Crippen MR) is 43.5 cm³/mol. The number of carbonyl (C=O) groups is 1. The van der Waals surface area contributed by atoms with Crippen molar-refractivity contribution in [1.29, 1.82) is 0 Å². The summed E-state index contributed by atoms with van der Waals surface area (Å²) in [6.07, 6.45) is 1.63. The van der Waals surface area contributed by atoms with Gasteiger partial charge >= 0.3 is 0 Å². The summed E-state index contributed by atoms with van der Waals surface area (Å²) in [5.74, 6) is 0.536. The van der Waals surface area contributed by atoms with E-state index in [2.05, 4.69) is 0 Å². The van der Waals surface area contributed by atoms with E-state index in [0.29, 0.717) is 18.8 Å². The lowest BCUT2D eigenvalue weighted by Crippen LogP contribution is -2.61. The van der Waals surface area contributed by atoms with Crippen molar-refractivity contribution in [1.82, 2.24) is 4.90 Å². The summed E-state index contributed by atoms with van der Waals surface area (Å²) in [5, 5.41) is 0. The minimum Gasteiger partial charge on any atom is -0.338 e. The van der Waals surface area contributed by atoms with Crippen LogP contribution in [0.3, 0.4) is 0 Å². The fourth-order valence-corrected chi connectivity index (χ4v) is 1.45. The highest BCUT2D eigenvalue weighted by molar-refractivity contribution is 7.84. The van der Waals surface area contributed by atoms with E-state index in [4.69, 9.17) is 5.73 Å². The molecular weight excluding hydrogens is 164 g/mol. The third kappa shape index (κ3) is 2.00. The molecule has 4 nitrogen and oxygen atoms in total. The second-order valence-corrected chi connectivity index (χ2v) is 4.22. The van der Waals surface area contributed by atoms with Gasteiger partial charge in [0, 0.05) is 35.9 Å². The van der Waals surface area contributed by atoms with E-state index in [1.54, 1.807) is 11.2 Å². The normalized spacial score (nSPS) is 26.5. The van der Waals surface area contributed by atoms with E-state index in [1.165, 1.54) is 0 Å². The summed E-state index contributed by atoms with van der Waals surface area (Å²) in [7, 11) is -0.815. The summed E-state index contributed by atoms with van der Waals surface area (Å²) in [4.78, 5) is 12.5. The van der Waals surface area contributed by atoms with Gasteiger partial charge in [0.25, 0.3) is 0 Å². The van der Waals surface area contributed by atoms with Gasteiger partial charge in [0.15, 0.2) is 0 Å². The molecule has 5 heteroatoms. The molecule has 0 radical (unpaired) electrons. The minimum absolute atomic E-state index is 0.0181. The second-order valence-electron chi connectivity index (χ2n) is 2.67. The molecule has 0 aromatic heterocycles. The van der Waals surface area contributed by atoms with E-state index in [9.17, 15) is 9.00 Å². The smallest absolute Gasteiger partial charge is 0.241 e. The van der Waals surface area contributed by atoms with Gasteiger partial charge in [-0.2, -0.15) is 0 Å². The number of likely N-dealkylation sites (tertiary alicyclic amines) is 1. The van der Waals surface area contributed by atoms with E-state index in [0.717, 1.165) is 0 Å². The Bertz CT molecular complexity index is 195. The number of rotatable bonds is 3. The molecule has 0 aliphatic carbocycles. The molecule has 1 amide bonds. The molecule has 2 N–H and O–H groups in total. The quantitative estimate of drug-likeness (QED) is 0.534. The van der Waals surface area contributed by atoms with Crippen molar-refractivity contribution in [2.24, 2.45) is 5.73 Å². The summed E-state index contributed by atoms with van der Waals surface area (Å²) < 4.78 is 10.6. The molecule has 1 fully saturated rings. The Morgan fingerprint density at radius 2 is 2.45 bits per heavy atom. The van der Waals surface area contributed by atoms with Gasteiger partial charge < -0.3 is 10.6 Å². The molecule has 1 heterocycles. The molecule has 1 aliphatic rings. The van der Waals surface area contributed by atoms with Gasteiger partial charge in [0.05, 0.1) is 0 Å². The van der Waals surface area contributed by atoms with Gasteiger partial charge in [-0.25, -0.2) is 0 Å². The summed E-state index contributed by atoms with van der Waals surface area (Å²) in [6.45, 7) is 1.20. The molecule has 11 heavy (non-hydrogen) atoms. The fraction of sp³-hybridized carbons (Fsp3) is 0.833. The molecular formula is C6H12N2O2S. The van der Waals surface area contributed by atoms with Gasteiger partial charge in [-0.15, -0.1) is 0 Å². The average Bonchev–Trinajstić information content (AvgIpc) is 1.96. The van der Waals surface area contributed by atoms with E-state index >= 15 is 0 Å². The van der Waals surface area contributed by atoms with Crippen LogP contribution in [0.1, 0.15) is 0 Å². The monoisotopic (exact) mass is 176 g/mol. The van der Waals surface area contributed by atoms with Crippen LogP contribution >= 0.6 is 0 Å². The summed E-state index contributed by atoms with van der Waals surface area (Å²) in [5.41, 5.74) is 5.35. The van der Waals surface area contributed by atoms with Crippen molar-refractivity contribution >= 4 is 16.7 Å². The summed E-state index contributed by atoms with van der Waals surface area (Å²) >= 11 is 0. The number of nitrogens with zero attached hydrogens (tertiary/aromatic N) is 1. The molecule has 0 spiro atoms. The number of hydrogen-bond acceptors (Lipinski definition) is 3. The lowest BCUT2D eigenvalue weighted by molar-refractivity contribution is -0.141. The molecule has 0 aromatic rings. The van der Waals surface area contributed by atoms with E-state index in [-0.39, 0.29) is 11.9 Å². The van der Waals surface area contributed by atoms with Gasteiger partial charge in [0.1, 0.15) is 6.04 Å². The first kappa shape index (κ1) is 8.67. The SMILES string of the molecule is CS(=O)CCN1CC(N)C1=O. The zero-order valence-electron chi connectivity index (χ0n) is 6.45. The third-order valence-corrected chi connectivity index (χ3v) is 2.45. The Morgan fingerprint density at radius 1 is 1.82 bits per heavy atom. The number of amides is 1. The fourth-order valence-electron chi connectivity index (χ4n) is 0.968. The van der Waals surface area contributed by atoms with E-state index in [1.807, 2.05) is 0 Å². The zero-order chi connectivity index (χ0) is 8.43. The first-order chi connectivity index (χ1) is 5.11. The Balaban J connectivity index is 2.20. The molecule has 2 unspecified atom stereocenters. The maximum atomic E-state index is 10.9. The Morgan fingerprint density at radius 3 is 2.82 bits per heavy atom. The van der Waals surface area contributed by atoms with Gasteiger partial charge in [-0.3, -0.25) is 9.00 Å². The highest BCUT2D eigenvalue weighted by Crippen LogP contribution is 2.06. The molecule has 0 saturated carbocycles. The van der Waals surface area contributed by atoms with Gasteiger partial charge in [0.2, 0.25) is 5.91 Å². The van der Waals surface area contributed by atoms with Crippen LogP contribution < -0.4 is 5.73 Å². The maximum Gasteiger partial charge on any atom is 0.241 e. The van der Waals surface area contributed by atoms with Crippen LogP contribution in [-0.2, 0) is 15.6 Å². The lowest BCUT2D eigenvalue weighted by atomic mass is 10.1. The number of hydrogen-bond donors (Lipinski definition) is 1. The van der Waals surface area contributed by atoms with Crippen LogP contribution in [0.25, 0.3) is 0 Å². The Kier molecular flexibility index (Phi) is 2.62. The Labute approximate surface area is 68.2 Å². The molecule has 1 aliphatic heterocycles. The van der Waals surface area contributed by atoms with Crippen molar-refractivity contribution in [2.75, 3.05) is 25.1 Å². The molecule has 0 bridgehead atoms. The number of carbonyl (C=O) groups excluding carboxylic acids is 1. The van der Waals surface area contributed by atoms with Crippen LogP contribution in [0.5, 0.6) is 0 Å². The first-order valence-corrected chi connectivity index (χ1v) is 5.18. The number of β-lactam (4-membered cyclic amide) rings is 1. The van der Waals surface area contributed by atoms with Crippen molar-refractivity contribution in [2.45, 2.75) is 6.04 Å². The molecule has 2 atom stereocenters. The van der Waals surface area contributed by atoms with Crippen LogP contribution in [0.15, 0.2) is 0 Å². The van der Waals surface area contributed by atoms with Crippen molar-refractivity contribution in [3.8, 4) is 0 Å². The second kappa shape index (κ2) is 3.32. The molecule has 0 aromatic carbocycles. The predicted octanol–water partition coefficient (Wildman–Crippen LogP) is -1.47. The molecule has 1 rings (SSSR count). The van der Waals surface area contributed by atoms with Crippen LogP contribution in [0, 0.1) is 0 Å².